The van der Waals surface area contributed by atoms with E-state index in [9.17, 15) is 31.9 Å². The second-order valence-electron chi connectivity index (χ2n) is 7.78. The Labute approximate surface area is 193 Å². The zero-order valence-electron chi connectivity index (χ0n) is 18.8. The number of nitrogens with zero attached hydrogens (tertiary/aromatic N) is 2. The van der Waals surface area contributed by atoms with E-state index in [4.69, 9.17) is 5.73 Å². The van der Waals surface area contributed by atoms with Crippen molar-refractivity contribution in [2.45, 2.75) is 45.5 Å². The molecule has 2 rings (SSSR count). The minimum absolute atomic E-state index is 0.0789. The lowest BCUT2D eigenvalue weighted by atomic mass is 9.94. The van der Waals surface area contributed by atoms with Gasteiger partial charge in [-0.1, -0.05) is 0 Å². The largest absolute Gasteiger partial charge is 0.405 e. The first-order valence-corrected chi connectivity index (χ1v) is 10.3. The molecule has 0 spiro atoms. The molecule has 0 bridgehead atoms. The van der Waals surface area contributed by atoms with Gasteiger partial charge in [-0.2, -0.15) is 18.3 Å². The second-order valence-corrected chi connectivity index (χ2v) is 7.78. The van der Waals surface area contributed by atoms with Crippen molar-refractivity contribution >= 4 is 23.4 Å². The molecule has 0 radical (unpaired) electrons. The van der Waals surface area contributed by atoms with E-state index in [0.29, 0.717) is 0 Å². The van der Waals surface area contributed by atoms with Crippen molar-refractivity contribution in [1.29, 1.82) is 0 Å². The molecule has 186 valence electrons. The zero-order chi connectivity index (χ0) is 25.6. The summed E-state index contributed by atoms with van der Waals surface area (Å²) in [7, 11) is 0. The van der Waals surface area contributed by atoms with Gasteiger partial charge in [0.25, 0.3) is 5.91 Å². The number of hydrogen-bond donors (Lipinski definition) is 4. The van der Waals surface area contributed by atoms with Gasteiger partial charge >= 0.3 is 6.18 Å². The zero-order valence-corrected chi connectivity index (χ0v) is 18.8. The van der Waals surface area contributed by atoms with E-state index in [1.165, 1.54) is 29.9 Å². The third-order valence-corrected chi connectivity index (χ3v) is 4.85. The van der Waals surface area contributed by atoms with E-state index in [1.807, 2.05) is 13.8 Å². The van der Waals surface area contributed by atoms with Crippen molar-refractivity contribution in [1.82, 2.24) is 20.4 Å². The van der Waals surface area contributed by atoms with Crippen LogP contribution in [0, 0.1) is 5.82 Å². The second kappa shape index (κ2) is 11.1. The number of carbonyl (C=O) groups excluding carboxylic acids is 3. The smallest absolute Gasteiger partial charge is 0.346 e. The first-order chi connectivity index (χ1) is 15.8. The van der Waals surface area contributed by atoms with Gasteiger partial charge in [0, 0.05) is 18.8 Å². The highest BCUT2D eigenvalue weighted by Crippen LogP contribution is 2.27. The van der Waals surface area contributed by atoms with E-state index >= 15 is 0 Å². The van der Waals surface area contributed by atoms with Crippen LogP contribution in [0.4, 0.5) is 23.2 Å². The minimum Gasteiger partial charge on any atom is -0.346 e. The van der Waals surface area contributed by atoms with Crippen LogP contribution in [0.1, 0.15) is 54.3 Å². The molecule has 9 nitrogen and oxygen atoms in total. The molecule has 5 N–H and O–H groups in total. The summed E-state index contributed by atoms with van der Waals surface area (Å²) < 4.78 is 53.1. The minimum atomic E-state index is -4.59. The first kappa shape index (κ1) is 26.8. The average molecular weight is 486 g/mol. The maximum atomic E-state index is 14.6. The van der Waals surface area contributed by atoms with Crippen LogP contribution in [0.15, 0.2) is 24.4 Å². The van der Waals surface area contributed by atoms with Gasteiger partial charge < -0.3 is 21.7 Å². The Morgan fingerprint density at radius 3 is 2.41 bits per heavy atom. The number of halogens is 4. The van der Waals surface area contributed by atoms with Crippen LogP contribution in [0.2, 0.25) is 0 Å². The molecule has 3 amide bonds. The van der Waals surface area contributed by atoms with Crippen molar-refractivity contribution in [3.8, 4) is 0 Å². The molecule has 1 unspecified atom stereocenters. The normalized spacial score (nSPS) is 12.4. The van der Waals surface area contributed by atoms with Gasteiger partial charge in [0.1, 0.15) is 18.1 Å². The van der Waals surface area contributed by atoms with E-state index in [0.717, 1.165) is 6.07 Å². The van der Waals surface area contributed by atoms with Crippen LogP contribution in [-0.4, -0.2) is 46.8 Å². The number of hydrogen-bond acceptors (Lipinski definition) is 5. The van der Waals surface area contributed by atoms with Crippen LogP contribution >= 0.6 is 0 Å². The van der Waals surface area contributed by atoms with Crippen molar-refractivity contribution < 1.29 is 31.9 Å². The molecule has 1 aromatic heterocycles. The standard InChI is InChI=1S/C21H26F4N6O3/c1-11(2)31-17(4-5-29-31)20(34)27-9-18(32)30-16-6-13(8-26)14(7-15(16)22)12(3)19(33)28-10-21(23,24)25/h4-7,11-12H,8-10,26H2,1-3H3,(H,27,34)(H,28,33)(H,30,32). The van der Waals surface area contributed by atoms with Gasteiger partial charge in [0.2, 0.25) is 11.8 Å². The monoisotopic (exact) mass is 486 g/mol. The first-order valence-electron chi connectivity index (χ1n) is 10.3. The number of benzene rings is 1. The number of anilines is 1. The van der Waals surface area contributed by atoms with E-state index in [1.54, 1.807) is 5.32 Å². The lowest BCUT2D eigenvalue weighted by molar-refractivity contribution is -0.139. The molecule has 0 fully saturated rings. The molecular weight excluding hydrogens is 460 g/mol. The molecule has 0 aliphatic heterocycles. The summed E-state index contributed by atoms with van der Waals surface area (Å²) >= 11 is 0. The summed E-state index contributed by atoms with van der Waals surface area (Å²) in [5.41, 5.74) is 6.01. The average Bonchev–Trinajstić information content (AvgIpc) is 3.26. The van der Waals surface area contributed by atoms with E-state index < -0.39 is 48.7 Å². The molecule has 1 atom stereocenters. The Morgan fingerprint density at radius 1 is 1.15 bits per heavy atom. The molecule has 0 saturated carbocycles. The Balaban J connectivity index is 2.07. The van der Waals surface area contributed by atoms with Gasteiger partial charge in [-0.15, -0.1) is 0 Å². The fraction of sp³-hybridized carbons (Fsp3) is 0.429. The third-order valence-electron chi connectivity index (χ3n) is 4.85. The number of carbonyl (C=O) groups is 3. The molecular formula is C21H26F4N6O3. The molecule has 13 heteroatoms. The topological polar surface area (TPSA) is 131 Å². The van der Waals surface area contributed by atoms with Gasteiger partial charge in [-0.3, -0.25) is 19.1 Å². The fourth-order valence-corrected chi connectivity index (χ4v) is 3.14. The maximum absolute atomic E-state index is 14.6. The Bertz CT molecular complexity index is 1050. The van der Waals surface area contributed by atoms with Crippen LogP contribution in [0.5, 0.6) is 0 Å². The molecule has 0 aliphatic carbocycles. The Morgan fingerprint density at radius 2 is 1.82 bits per heavy atom. The summed E-state index contributed by atoms with van der Waals surface area (Å²) in [6.07, 6.45) is -3.14. The maximum Gasteiger partial charge on any atom is 0.405 e. The molecule has 1 aromatic carbocycles. The fourth-order valence-electron chi connectivity index (χ4n) is 3.14. The lowest BCUT2D eigenvalue weighted by Crippen LogP contribution is -2.36. The highest BCUT2D eigenvalue weighted by Gasteiger charge is 2.29. The van der Waals surface area contributed by atoms with Crippen LogP contribution in [-0.2, 0) is 16.1 Å². The van der Waals surface area contributed by atoms with Crippen molar-refractivity contribution in [2.24, 2.45) is 5.73 Å². The van der Waals surface area contributed by atoms with Crippen molar-refractivity contribution in [2.75, 3.05) is 18.4 Å². The molecule has 0 aliphatic rings. The molecule has 2 aromatic rings. The molecule has 0 saturated heterocycles. The number of alkyl halides is 3. The van der Waals surface area contributed by atoms with Crippen LogP contribution in [0.25, 0.3) is 0 Å². The summed E-state index contributed by atoms with van der Waals surface area (Å²) in [4.78, 5) is 36.6. The summed E-state index contributed by atoms with van der Waals surface area (Å²) in [5, 5.41) is 10.5. The highest BCUT2D eigenvalue weighted by molar-refractivity contribution is 5.98. The molecule has 1 heterocycles. The SMILES string of the molecule is CC(C(=O)NCC(F)(F)F)c1cc(F)c(NC(=O)CNC(=O)c2ccnn2C(C)C)cc1CN. The number of amides is 3. The summed E-state index contributed by atoms with van der Waals surface area (Å²) in [6, 6.07) is 3.55. The Kier molecular flexibility index (Phi) is 8.74. The van der Waals surface area contributed by atoms with Gasteiger partial charge in [-0.25, -0.2) is 4.39 Å². The summed E-state index contributed by atoms with van der Waals surface area (Å²) in [5.74, 6) is -4.26. The summed E-state index contributed by atoms with van der Waals surface area (Å²) in [6.45, 7) is 2.84. The number of nitrogens with two attached hydrogens (primary N) is 1. The van der Waals surface area contributed by atoms with E-state index in [2.05, 4.69) is 15.7 Å². The van der Waals surface area contributed by atoms with Crippen LogP contribution < -0.4 is 21.7 Å². The highest BCUT2D eigenvalue weighted by atomic mass is 19.4. The molecule has 34 heavy (non-hydrogen) atoms. The van der Waals surface area contributed by atoms with Crippen molar-refractivity contribution in [3.05, 3.63) is 47.0 Å². The Hall–Kier alpha value is -3.48. The number of aromatic nitrogens is 2. The predicted octanol–water partition coefficient (Wildman–Crippen LogP) is 2.21. The quantitative estimate of drug-likeness (QED) is 0.404. The van der Waals surface area contributed by atoms with Gasteiger partial charge in [0.15, 0.2) is 0 Å². The van der Waals surface area contributed by atoms with Crippen molar-refractivity contribution in [3.63, 3.8) is 0 Å². The number of rotatable bonds is 9. The van der Waals surface area contributed by atoms with Crippen LogP contribution in [0.3, 0.4) is 0 Å². The predicted molar refractivity (Wildman–Crippen MR) is 115 cm³/mol. The number of nitrogens with one attached hydrogen (secondary N) is 3. The van der Waals surface area contributed by atoms with Gasteiger partial charge in [0.05, 0.1) is 18.2 Å². The lowest BCUT2D eigenvalue weighted by Gasteiger charge is -2.18. The van der Waals surface area contributed by atoms with Gasteiger partial charge in [-0.05, 0) is 50.1 Å². The third kappa shape index (κ3) is 7.01. The van der Waals surface area contributed by atoms with E-state index in [-0.39, 0.29) is 35.1 Å².